The molecule has 0 unspecified atom stereocenters. The number of hydrogen-bond acceptors (Lipinski definition) is 5. The number of ether oxygens (including phenoxy) is 1. The minimum atomic E-state index is -4.86. The maximum Gasteiger partial charge on any atom is 0.601 e. The molecule has 138 valence electrons. The van der Waals surface area contributed by atoms with Gasteiger partial charge in [-0.25, -0.2) is 4.98 Å². The summed E-state index contributed by atoms with van der Waals surface area (Å²) in [5.41, 5.74) is 0.298. The van der Waals surface area contributed by atoms with E-state index >= 15 is 0 Å². The molecule has 6 nitrogen and oxygen atoms in total. The fraction of sp³-hybridized carbons (Fsp3) is 0.176. The summed E-state index contributed by atoms with van der Waals surface area (Å²) < 4.78 is 53.4. The van der Waals surface area contributed by atoms with Crippen molar-refractivity contribution < 1.29 is 27.2 Å². The topological polar surface area (TPSA) is 62.6 Å². The van der Waals surface area contributed by atoms with Crippen LogP contribution in [0.2, 0.25) is 0 Å². The third-order valence-electron chi connectivity index (χ3n) is 3.95. The standard InChI is InChI=1S/C17H12BF3N2O4/c19-17(20,21)27-12-6-7-14-13(10-12)16(24)23(18-25-8-9-26-18)15(22-14)11-4-2-1-3-5-11/h1-7,10H,8-9H2. The summed E-state index contributed by atoms with van der Waals surface area (Å²) in [5.74, 6) is -0.203. The van der Waals surface area contributed by atoms with E-state index in [2.05, 4.69) is 9.72 Å². The maximum absolute atomic E-state index is 13.1. The van der Waals surface area contributed by atoms with Crippen LogP contribution in [-0.2, 0) is 9.31 Å². The van der Waals surface area contributed by atoms with E-state index in [1.165, 1.54) is 10.5 Å². The van der Waals surface area contributed by atoms with Gasteiger partial charge in [0.25, 0.3) is 5.56 Å². The van der Waals surface area contributed by atoms with Crippen molar-refractivity contribution in [1.29, 1.82) is 0 Å². The third-order valence-corrected chi connectivity index (χ3v) is 3.95. The lowest BCUT2D eigenvalue weighted by Gasteiger charge is -2.15. The zero-order valence-corrected chi connectivity index (χ0v) is 13.8. The minimum Gasteiger partial charge on any atom is -0.406 e. The molecule has 1 aliphatic rings. The second kappa shape index (κ2) is 6.71. The van der Waals surface area contributed by atoms with Crippen molar-refractivity contribution in [3.05, 3.63) is 58.9 Å². The van der Waals surface area contributed by atoms with E-state index in [0.717, 1.165) is 12.1 Å². The van der Waals surface area contributed by atoms with Crippen molar-refractivity contribution in [2.45, 2.75) is 6.36 Å². The van der Waals surface area contributed by atoms with Gasteiger partial charge in [-0.3, -0.25) is 9.27 Å². The predicted molar refractivity (Wildman–Crippen MR) is 91.2 cm³/mol. The highest BCUT2D eigenvalue weighted by atomic mass is 19.4. The molecule has 0 saturated carbocycles. The fourth-order valence-corrected chi connectivity index (χ4v) is 2.86. The first-order valence-electron chi connectivity index (χ1n) is 8.03. The lowest BCUT2D eigenvalue weighted by atomic mass is 10.0. The summed E-state index contributed by atoms with van der Waals surface area (Å²) >= 11 is 0. The Morgan fingerprint density at radius 1 is 1.07 bits per heavy atom. The lowest BCUT2D eigenvalue weighted by molar-refractivity contribution is -0.274. The molecular formula is C17H12BF3N2O4. The van der Waals surface area contributed by atoms with Crippen LogP contribution in [0.1, 0.15) is 0 Å². The van der Waals surface area contributed by atoms with Crippen LogP contribution < -0.4 is 10.3 Å². The number of fused-ring (bicyclic) bond motifs is 1. The molecule has 0 amide bonds. The molecule has 0 aliphatic carbocycles. The summed E-state index contributed by atoms with van der Waals surface area (Å²) in [6.07, 6.45) is -4.86. The van der Waals surface area contributed by atoms with Crippen molar-refractivity contribution in [3.8, 4) is 17.1 Å². The average Bonchev–Trinajstić information content (AvgIpc) is 3.15. The SMILES string of the molecule is O=c1c2cc(OC(F)(F)F)ccc2nc(-c2ccccc2)n1B1OCCO1. The first-order valence-corrected chi connectivity index (χ1v) is 8.03. The monoisotopic (exact) mass is 376 g/mol. The zero-order chi connectivity index (χ0) is 19.0. The molecule has 1 fully saturated rings. The molecule has 0 spiro atoms. The molecule has 1 saturated heterocycles. The number of halogens is 3. The molecule has 1 aromatic heterocycles. The van der Waals surface area contributed by atoms with E-state index < -0.39 is 24.9 Å². The van der Waals surface area contributed by atoms with Crippen molar-refractivity contribution in [1.82, 2.24) is 9.46 Å². The molecule has 2 aromatic carbocycles. The molecule has 1 aliphatic heterocycles. The Balaban J connectivity index is 1.93. The van der Waals surface area contributed by atoms with Gasteiger partial charge in [-0.1, -0.05) is 30.3 Å². The molecule has 4 rings (SSSR count). The van der Waals surface area contributed by atoms with Crippen LogP contribution in [-0.4, -0.2) is 36.3 Å². The number of nitrogens with zero attached hydrogens (tertiary/aromatic N) is 2. The quantitative estimate of drug-likeness (QED) is 0.658. The van der Waals surface area contributed by atoms with E-state index in [0.29, 0.717) is 24.6 Å². The van der Waals surface area contributed by atoms with Crippen LogP contribution >= 0.6 is 0 Å². The van der Waals surface area contributed by atoms with Crippen LogP contribution in [0.15, 0.2) is 53.3 Å². The van der Waals surface area contributed by atoms with Gasteiger partial charge in [-0.15, -0.1) is 13.2 Å². The van der Waals surface area contributed by atoms with Gasteiger partial charge in [0.15, 0.2) is 0 Å². The maximum atomic E-state index is 13.1. The Morgan fingerprint density at radius 3 is 2.44 bits per heavy atom. The van der Waals surface area contributed by atoms with Gasteiger partial charge in [-0.2, -0.15) is 0 Å². The Kier molecular flexibility index (Phi) is 4.36. The van der Waals surface area contributed by atoms with Crippen molar-refractivity contribution >= 4 is 18.2 Å². The van der Waals surface area contributed by atoms with Gasteiger partial charge in [0.1, 0.15) is 11.6 Å². The van der Waals surface area contributed by atoms with Crippen LogP contribution in [0, 0.1) is 0 Å². The fourth-order valence-electron chi connectivity index (χ4n) is 2.86. The molecule has 0 atom stereocenters. The number of benzene rings is 2. The van der Waals surface area contributed by atoms with Gasteiger partial charge in [0.05, 0.1) is 24.1 Å². The molecule has 0 N–H and O–H groups in total. The number of aromatic nitrogens is 2. The average molecular weight is 376 g/mol. The van der Waals surface area contributed by atoms with Crippen LogP contribution in [0.4, 0.5) is 13.2 Å². The second-order valence-electron chi connectivity index (χ2n) is 5.75. The van der Waals surface area contributed by atoms with Gasteiger partial charge < -0.3 is 14.0 Å². The van der Waals surface area contributed by atoms with Crippen molar-refractivity contribution in [2.75, 3.05) is 13.2 Å². The van der Waals surface area contributed by atoms with E-state index in [9.17, 15) is 18.0 Å². The van der Waals surface area contributed by atoms with Crippen molar-refractivity contribution in [2.24, 2.45) is 0 Å². The number of alkyl halides is 3. The van der Waals surface area contributed by atoms with E-state index in [1.807, 2.05) is 6.07 Å². The van der Waals surface area contributed by atoms with Gasteiger partial charge in [0.2, 0.25) is 0 Å². The molecule has 3 aromatic rings. The zero-order valence-electron chi connectivity index (χ0n) is 13.8. The van der Waals surface area contributed by atoms with Crippen LogP contribution in [0.3, 0.4) is 0 Å². The highest BCUT2D eigenvalue weighted by Gasteiger charge is 2.34. The Morgan fingerprint density at radius 2 is 1.78 bits per heavy atom. The van der Waals surface area contributed by atoms with Gasteiger partial charge in [0, 0.05) is 5.56 Å². The van der Waals surface area contributed by atoms with Gasteiger partial charge in [-0.05, 0) is 18.2 Å². The van der Waals surface area contributed by atoms with E-state index in [-0.39, 0.29) is 10.9 Å². The summed E-state index contributed by atoms with van der Waals surface area (Å²) in [7, 11) is -1.00. The Labute approximate surface area is 151 Å². The predicted octanol–water partition coefficient (Wildman–Crippen LogP) is 2.84. The lowest BCUT2D eigenvalue weighted by Crippen LogP contribution is -2.38. The molecular weight excluding hydrogens is 364 g/mol. The molecule has 0 bridgehead atoms. The molecule has 27 heavy (non-hydrogen) atoms. The summed E-state index contributed by atoms with van der Waals surface area (Å²) in [6.45, 7) is 0.585. The summed E-state index contributed by atoms with van der Waals surface area (Å²) in [5, 5.41) is -0.0319. The van der Waals surface area contributed by atoms with Crippen LogP contribution in [0.5, 0.6) is 5.75 Å². The molecule has 0 radical (unpaired) electrons. The smallest absolute Gasteiger partial charge is 0.406 e. The first kappa shape index (κ1) is 17.6. The van der Waals surface area contributed by atoms with Crippen molar-refractivity contribution in [3.63, 3.8) is 0 Å². The number of hydrogen-bond donors (Lipinski definition) is 0. The minimum absolute atomic E-state index is 0.0319. The molecule has 2 heterocycles. The van der Waals surface area contributed by atoms with Gasteiger partial charge >= 0.3 is 13.6 Å². The van der Waals surface area contributed by atoms with E-state index in [4.69, 9.17) is 9.31 Å². The third kappa shape index (κ3) is 3.53. The van der Waals surface area contributed by atoms with Crippen LogP contribution in [0.25, 0.3) is 22.3 Å². The normalized spacial score (nSPS) is 14.7. The second-order valence-corrected chi connectivity index (χ2v) is 5.75. The first-order chi connectivity index (χ1) is 12.9. The Bertz CT molecular complexity index is 1030. The van der Waals surface area contributed by atoms with E-state index in [1.54, 1.807) is 24.3 Å². The summed E-state index contributed by atoms with van der Waals surface area (Å²) in [4.78, 5) is 17.5. The highest BCUT2D eigenvalue weighted by molar-refractivity contribution is 6.44. The summed E-state index contributed by atoms with van der Waals surface area (Å²) in [6, 6.07) is 12.4. The number of rotatable bonds is 3. The Hall–Kier alpha value is -2.85. The largest absolute Gasteiger partial charge is 0.601 e. The molecule has 10 heteroatoms. The highest BCUT2D eigenvalue weighted by Crippen LogP contribution is 2.26.